The first-order valence-corrected chi connectivity index (χ1v) is 12.5. The van der Waals surface area contributed by atoms with Crippen LogP contribution >= 0.6 is 23.2 Å². The number of hydrogen-bond acceptors (Lipinski definition) is 4. The number of anilines is 1. The highest BCUT2D eigenvalue weighted by Crippen LogP contribution is 2.38. The minimum absolute atomic E-state index is 0.00807. The SMILES string of the molecule is CC1CC1C(=O)Nc1ccc(C(=O)N2CCN(S(=O)(=O)c3cc(Cl)ccc3Cl)CC2)cc1. The lowest BCUT2D eigenvalue weighted by molar-refractivity contribution is -0.117. The smallest absolute Gasteiger partial charge is 0.253 e. The molecule has 2 aromatic rings. The number of hydrogen-bond donors (Lipinski definition) is 1. The van der Waals surface area contributed by atoms with Gasteiger partial charge in [0.1, 0.15) is 4.90 Å². The van der Waals surface area contributed by atoms with Gasteiger partial charge in [-0.2, -0.15) is 4.31 Å². The van der Waals surface area contributed by atoms with Gasteiger partial charge in [0.2, 0.25) is 15.9 Å². The summed E-state index contributed by atoms with van der Waals surface area (Å²) in [4.78, 5) is 26.5. The Morgan fingerprint density at radius 3 is 2.22 bits per heavy atom. The topological polar surface area (TPSA) is 86.8 Å². The normalized spacial score (nSPS) is 21.3. The fourth-order valence-corrected chi connectivity index (χ4v) is 5.91. The minimum atomic E-state index is -3.81. The first-order valence-electron chi connectivity index (χ1n) is 10.3. The van der Waals surface area contributed by atoms with E-state index in [1.807, 2.05) is 6.92 Å². The second-order valence-electron chi connectivity index (χ2n) is 8.16. The van der Waals surface area contributed by atoms with E-state index >= 15 is 0 Å². The van der Waals surface area contributed by atoms with E-state index in [1.165, 1.54) is 22.5 Å². The van der Waals surface area contributed by atoms with E-state index < -0.39 is 10.0 Å². The fourth-order valence-electron chi connectivity index (χ4n) is 3.75. The summed E-state index contributed by atoms with van der Waals surface area (Å²) >= 11 is 12.0. The average Bonchev–Trinajstić information content (AvgIpc) is 3.52. The van der Waals surface area contributed by atoms with Gasteiger partial charge in [-0.1, -0.05) is 30.1 Å². The third-order valence-electron chi connectivity index (χ3n) is 5.88. The Morgan fingerprint density at radius 2 is 1.62 bits per heavy atom. The Morgan fingerprint density at radius 1 is 1.00 bits per heavy atom. The molecule has 0 spiro atoms. The van der Waals surface area contributed by atoms with E-state index in [-0.39, 0.29) is 58.9 Å². The molecule has 2 atom stereocenters. The van der Waals surface area contributed by atoms with Crippen LogP contribution < -0.4 is 5.32 Å². The van der Waals surface area contributed by atoms with E-state index in [0.29, 0.717) is 17.2 Å². The molecule has 1 heterocycles. The van der Waals surface area contributed by atoms with Crippen LogP contribution in [-0.4, -0.2) is 55.6 Å². The number of halogens is 2. The van der Waals surface area contributed by atoms with Crippen molar-refractivity contribution in [3.63, 3.8) is 0 Å². The summed E-state index contributed by atoms with van der Waals surface area (Å²) < 4.78 is 27.2. The number of sulfonamides is 1. The first-order chi connectivity index (χ1) is 15.2. The number of benzene rings is 2. The second-order valence-corrected chi connectivity index (χ2v) is 10.9. The number of piperazine rings is 1. The van der Waals surface area contributed by atoms with Crippen molar-refractivity contribution in [1.82, 2.24) is 9.21 Å². The average molecular weight is 496 g/mol. The van der Waals surface area contributed by atoms with Crippen LogP contribution in [0.1, 0.15) is 23.7 Å². The molecule has 32 heavy (non-hydrogen) atoms. The van der Waals surface area contributed by atoms with Gasteiger partial charge in [-0.15, -0.1) is 0 Å². The van der Waals surface area contributed by atoms with Crippen molar-refractivity contribution in [1.29, 1.82) is 0 Å². The molecule has 2 aromatic carbocycles. The summed E-state index contributed by atoms with van der Waals surface area (Å²) in [6.07, 6.45) is 0.910. The lowest BCUT2D eigenvalue weighted by atomic mass is 10.1. The van der Waals surface area contributed by atoms with E-state index in [1.54, 1.807) is 29.2 Å². The Kier molecular flexibility index (Phi) is 6.49. The number of nitrogens with one attached hydrogen (secondary N) is 1. The van der Waals surface area contributed by atoms with Gasteiger partial charge in [0.25, 0.3) is 5.91 Å². The molecule has 2 fully saturated rings. The summed E-state index contributed by atoms with van der Waals surface area (Å²) in [5, 5.41) is 3.26. The van der Waals surface area contributed by atoms with Crippen molar-refractivity contribution in [2.75, 3.05) is 31.5 Å². The maximum atomic E-state index is 12.9. The van der Waals surface area contributed by atoms with Crippen molar-refractivity contribution in [3.05, 3.63) is 58.1 Å². The zero-order chi connectivity index (χ0) is 23.0. The summed E-state index contributed by atoms with van der Waals surface area (Å²) in [7, 11) is -3.81. The number of rotatable bonds is 5. The largest absolute Gasteiger partial charge is 0.336 e. The number of amides is 2. The van der Waals surface area contributed by atoms with Crippen LogP contribution in [0.25, 0.3) is 0 Å². The van der Waals surface area contributed by atoms with Gasteiger partial charge in [-0.3, -0.25) is 9.59 Å². The molecule has 1 aliphatic heterocycles. The highest BCUT2D eigenvalue weighted by Gasteiger charge is 2.39. The van der Waals surface area contributed by atoms with Crippen molar-refractivity contribution >= 4 is 50.7 Å². The van der Waals surface area contributed by atoms with Gasteiger partial charge >= 0.3 is 0 Å². The number of carbonyl (C=O) groups excluding carboxylic acids is 2. The van der Waals surface area contributed by atoms with Crippen LogP contribution in [0.2, 0.25) is 10.0 Å². The first kappa shape index (κ1) is 23.0. The Hall–Kier alpha value is -2.13. The summed E-state index contributed by atoms with van der Waals surface area (Å²) in [5.74, 6) is 0.323. The minimum Gasteiger partial charge on any atom is -0.336 e. The molecule has 0 aromatic heterocycles. The molecular formula is C22H23Cl2N3O4S. The summed E-state index contributed by atoms with van der Waals surface area (Å²) in [6, 6.07) is 11.1. The highest BCUT2D eigenvalue weighted by atomic mass is 35.5. The Labute approximate surface area is 197 Å². The van der Waals surface area contributed by atoms with Crippen LogP contribution in [0.15, 0.2) is 47.4 Å². The molecule has 2 unspecified atom stereocenters. The number of nitrogens with zero attached hydrogens (tertiary/aromatic N) is 2. The molecule has 170 valence electrons. The molecule has 0 bridgehead atoms. The van der Waals surface area contributed by atoms with Crippen molar-refractivity contribution in [3.8, 4) is 0 Å². The maximum Gasteiger partial charge on any atom is 0.253 e. The quantitative estimate of drug-likeness (QED) is 0.684. The molecular weight excluding hydrogens is 473 g/mol. The maximum absolute atomic E-state index is 12.9. The van der Waals surface area contributed by atoms with Gasteiger partial charge in [0.15, 0.2) is 0 Å². The van der Waals surface area contributed by atoms with Crippen molar-refractivity contribution < 1.29 is 18.0 Å². The van der Waals surface area contributed by atoms with Crippen LogP contribution in [0, 0.1) is 11.8 Å². The fraction of sp³-hybridized carbons (Fsp3) is 0.364. The van der Waals surface area contributed by atoms with E-state index in [2.05, 4.69) is 5.32 Å². The molecule has 1 saturated carbocycles. The van der Waals surface area contributed by atoms with Crippen molar-refractivity contribution in [2.24, 2.45) is 11.8 Å². The molecule has 10 heteroatoms. The van der Waals surface area contributed by atoms with Crippen LogP contribution in [-0.2, 0) is 14.8 Å². The predicted molar refractivity (Wildman–Crippen MR) is 123 cm³/mol. The monoisotopic (exact) mass is 495 g/mol. The third kappa shape index (κ3) is 4.78. The molecule has 7 nitrogen and oxygen atoms in total. The predicted octanol–water partition coefficient (Wildman–Crippen LogP) is 3.73. The van der Waals surface area contributed by atoms with E-state index in [9.17, 15) is 18.0 Å². The van der Waals surface area contributed by atoms with E-state index in [4.69, 9.17) is 23.2 Å². The molecule has 4 rings (SSSR count). The zero-order valence-electron chi connectivity index (χ0n) is 17.4. The van der Waals surface area contributed by atoms with Gasteiger partial charge in [-0.05, 0) is 54.8 Å². The van der Waals surface area contributed by atoms with Crippen LogP contribution in [0.5, 0.6) is 0 Å². The lowest BCUT2D eigenvalue weighted by Gasteiger charge is -2.34. The summed E-state index contributed by atoms with van der Waals surface area (Å²) in [6.45, 7) is 2.87. The Balaban J connectivity index is 1.37. The Bertz CT molecular complexity index is 1150. The third-order valence-corrected chi connectivity index (χ3v) is 8.50. The second kappa shape index (κ2) is 9.02. The molecule has 1 N–H and O–H groups in total. The standard InChI is InChI=1S/C22H23Cl2N3O4S/c1-14-12-18(14)21(28)25-17-5-2-15(3-6-17)22(29)26-8-10-27(11-9-26)32(30,31)20-13-16(23)4-7-19(20)24/h2-7,13-14,18H,8-12H2,1H3,(H,25,28). The highest BCUT2D eigenvalue weighted by molar-refractivity contribution is 7.89. The molecule has 2 aliphatic rings. The van der Waals surface area contributed by atoms with Gasteiger partial charge in [-0.25, -0.2) is 8.42 Å². The van der Waals surface area contributed by atoms with Gasteiger partial charge in [0, 0.05) is 48.4 Å². The van der Waals surface area contributed by atoms with Gasteiger partial charge < -0.3 is 10.2 Å². The van der Waals surface area contributed by atoms with Crippen molar-refractivity contribution in [2.45, 2.75) is 18.2 Å². The van der Waals surface area contributed by atoms with Crippen LogP contribution in [0.3, 0.4) is 0 Å². The summed E-state index contributed by atoms with van der Waals surface area (Å²) in [5.41, 5.74) is 1.14. The van der Waals surface area contributed by atoms with Gasteiger partial charge in [0.05, 0.1) is 5.02 Å². The van der Waals surface area contributed by atoms with Crippen LogP contribution in [0.4, 0.5) is 5.69 Å². The van der Waals surface area contributed by atoms with E-state index in [0.717, 1.165) is 6.42 Å². The molecule has 0 radical (unpaired) electrons. The zero-order valence-corrected chi connectivity index (χ0v) is 19.8. The number of carbonyl (C=O) groups is 2. The molecule has 1 saturated heterocycles. The molecule has 2 amide bonds. The molecule has 1 aliphatic carbocycles. The lowest BCUT2D eigenvalue weighted by Crippen LogP contribution is -2.50.